The van der Waals surface area contributed by atoms with Crippen molar-refractivity contribution in [3.63, 3.8) is 0 Å². The number of hydrogen-bond acceptors (Lipinski definition) is 2. The monoisotopic (exact) mass is 313 g/mol. The summed E-state index contributed by atoms with van der Waals surface area (Å²) < 4.78 is 6.36. The molecular formula is C15H24BrNO. The van der Waals surface area contributed by atoms with E-state index in [1.807, 2.05) is 12.1 Å². The Kier molecular flexibility index (Phi) is 7.36. The van der Waals surface area contributed by atoms with Gasteiger partial charge in [-0.3, -0.25) is 0 Å². The highest BCUT2D eigenvalue weighted by Gasteiger charge is 2.06. The average Bonchev–Trinajstić information content (AvgIpc) is 2.37. The van der Waals surface area contributed by atoms with Crippen LogP contribution in [-0.4, -0.2) is 20.2 Å². The smallest absolute Gasteiger partial charge is 0.120 e. The Labute approximate surface area is 119 Å². The second-order valence-corrected chi connectivity index (χ2v) is 5.60. The van der Waals surface area contributed by atoms with Crippen LogP contribution in [0.4, 0.5) is 0 Å². The minimum atomic E-state index is 0.762. The second kappa shape index (κ2) is 8.54. The molecule has 0 saturated heterocycles. The van der Waals surface area contributed by atoms with Gasteiger partial charge in [-0.1, -0.05) is 35.8 Å². The fraction of sp³-hybridized carbons (Fsp3) is 0.600. The maximum atomic E-state index is 5.20. The quantitative estimate of drug-likeness (QED) is 0.732. The van der Waals surface area contributed by atoms with E-state index in [0.717, 1.165) is 35.7 Å². The number of halogens is 1. The Hall–Kier alpha value is -0.540. The van der Waals surface area contributed by atoms with Crippen LogP contribution < -0.4 is 10.1 Å². The Bertz CT molecular complexity index is 354. The van der Waals surface area contributed by atoms with Crippen molar-refractivity contribution in [3.05, 3.63) is 28.2 Å². The van der Waals surface area contributed by atoms with Gasteiger partial charge in [0.25, 0.3) is 0 Å². The van der Waals surface area contributed by atoms with E-state index in [-0.39, 0.29) is 0 Å². The Morgan fingerprint density at radius 1 is 1.33 bits per heavy atom. The van der Waals surface area contributed by atoms with Crippen molar-refractivity contribution in [1.29, 1.82) is 0 Å². The molecule has 0 aliphatic rings. The SMILES string of the molecule is CCNCCC(C)CCc1ccc(OC)cc1Br. The van der Waals surface area contributed by atoms with Crippen molar-refractivity contribution in [1.82, 2.24) is 5.32 Å². The largest absolute Gasteiger partial charge is 0.497 e. The topological polar surface area (TPSA) is 21.3 Å². The van der Waals surface area contributed by atoms with Gasteiger partial charge in [0.05, 0.1) is 7.11 Å². The van der Waals surface area contributed by atoms with Crippen molar-refractivity contribution in [3.8, 4) is 5.75 Å². The molecule has 0 fully saturated rings. The molecule has 0 bridgehead atoms. The first-order chi connectivity index (χ1) is 8.67. The van der Waals surface area contributed by atoms with Gasteiger partial charge in [0.1, 0.15) is 5.75 Å². The van der Waals surface area contributed by atoms with Crippen molar-refractivity contribution in [2.24, 2.45) is 5.92 Å². The van der Waals surface area contributed by atoms with Crippen LogP contribution in [-0.2, 0) is 6.42 Å². The van der Waals surface area contributed by atoms with Crippen molar-refractivity contribution in [2.45, 2.75) is 33.1 Å². The molecule has 1 aromatic carbocycles. The van der Waals surface area contributed by atoms with E-state index in [9.17, 15) is 0 Å². The van der Waals surface area contributed by atoms with Gasteiger partial charge in [-0.15, -0.1) is 0 Å². The highest BCUT2D eigenvalue weighted by Crippen LogP contribution is 2.25. The standard InChI is InChI=1S/C15H24BrNO/c1-4-17-10-9-12(2)5-6-13-7-8-14(18-3)11-15(13)16/h7-8,11-12,17H,4-6,9-10H2,1-3H3. The Morgan fingerprint density at radius 3 is 2.72 bits per heavy atom. The second-order valence-electron chi connectivity index (χ2n) is 4.74. The van der Waals surface area contributed by atoms with E-state index >= 15 is 0 Å². The van der Waals surface area contributed by atoms with Gasteiger partial charge in [0, 0.05) is 4.47 Å². The van der Waals surface area contributed by atoms with Crippen molar-refractivity contribution < 1.29 is 4.74 Å². The molecule has 1 aromatic rings. The number of benzene rings is 1. The van der Waals surface area contributed by atoms with Crippen LogP contribution in [0.5, 0.6) is 5.75 Å². The van der Waals surface area contributed by atoms with Crippen LogP contribution >= 0.6 is 15.9 Å². The molecule has 0 heterocycles. The lowest BCUT2D eigenvalue weighted by molar-refractivity contribution is 0.414. The lowest BCUT2D eigenvalue weighted by Gasteiger charge is -2.12. The molecule has 0 saturated carbocycles. The molecule has 102 valence electrons. The molecule has 1 rings (SSSR count). The van der Waals surface area contributed by atoms with Gasteiger partial charge in [-0.2, -0.15) is 0 Å². The number of aryl methyl sites for hydroxylation is 1. The first-order valence-electron chi connectivity index (χ1n) is 6.70. The van der Waals surface area contributed by atoms with Crippen LogP contribution in [0.3, 0.4) is 0 Å². The van der Waals surface area contributed by atoms with Gasteiger partial charge >= 0.3 is 0 Å². The maximum absolute atomic E-state index is 5.20. The molecule has 0 aliphatic heterocycles. The zero-order valence-electron chi connectivity index (χ0n) is 11.6. The van der Waals surface area contributed by atoms with Gasteiger partial charge in [-0.25, -0.2) is 0 Å². The van der Waals surface area contributed by atoms with E-state index in [1.54, 1.807) is 7.11 Å². The number of hydrogen-bond donors (Lipinski definition) is 1. The summed E-state index contributed by atoms with van der Waals surface area (Å²) in [6.07, 6.45) is 3.61. The van der Waals surface area contributed by atoms with Crippen LogP contribution in [0.2, 0.25) is 0 Å². The van der Waals surface area contributed by atoms with E-state index < -0.39 is 0 Å². The third kappa shape index (κ3) is 5.40. The molecule has 3 heteroatoms. The summed E-state index contributed by atoms with van der Waals surface area (Å²) >= 11 is 3.61. The van der Waals surface area contributed by atoms with Crippen molar-refractivity contribution in [2.75, 3.05) is 20.2 Å². The van der Waals surface area contributed by atoms with Crippen LogP contribution in [0.15, 0.2) is 22.7 Å². The first-order valence-corrected chi connectivity index (χ1v) is 7.49. The number of methoxy groups -OCH3 is 1. The van der Waals surface area contributed by atoms with E-state index in [0.29, 0.717) is 0 Å². The summed E-state index contributed by atoms with van der Waals surface area (Å²) in [5.74, 6) is 1.67. The van der Waals surface area contributed by atoms with E-state index in [1.165, 1.54) is 18.4 Å². The van der Waals surface area contributed by atoms with E-state index in [2.05, 4.69) is 41.2 Å². The highest BCUT2D eigenvalue weighted by molar-refractivity contribution is 9.10. The summed E-state index contributed by atoms with van der Waals surface area (Å²) in [5.41, 5.74) is 1.37. The van der Waals surface area contributed by atoms with E-state index in [4.69, 9.17) is 4.74 Å². The summed E-state index contributed by atoms with van der Waals surface area (Å²) in [6.45, 7) is 6.67. The Balaban J connectivity index is 2.38. The maximum Gasteiger partial charge on any atom is 0.120 e. The molecule has 0 aliphatic carbocycles. The minimum absolute atomic E-state index is 0.762. The number of nitrogens with one attached hydrogen (secondary N) is 1. The molecule has 1 atom stereocenters. The molecule has 0 amide bonds. The number of rotatable bonds is 8. The molecule has 0 spiro atoms. The predicted molar refractivity (Wildman–Crippen MR) is 81.3 cm³/mol. The lowest BCUT2D eigenvalue weighted by atomic mass is 9.98. The first kappa shape index (κ1) is 15.5. The van der Waals surface area contributed by atoms with Gasteiger partial charge in [0.15, 0.2) is 0 Å². The molecule has 0 aromatic heterocycles. The fourth-order valence-electron chi connectivity index (χ4n) is 1.93. The molecule has 1 unspecified atom stereocenters. The van der Waals surface area contributed by atoms with Gasteiger partial charge < -0.3 is 10.1 Å². The molecule has 0 radical (unpaired) electrons. The molecule has 2 nitrogen and oxygen atoms in total. The molecular weight excluding hydrogens is 290 g/mol. The highest BCUT2D eigenvalue weighted by atomic mass is 79.9. The lowest BCUT2D eigenvalue weighted by Crippen LogP contribution is -2.16. The molecule has 1 N–H and O–H groups in total. The predicted octanol–water partition coefficient (Wildman–Crippen LogP) is 4.03. The summed E-state index contributed by atoms with van der Waals surface area (Å²) in [7, 11) is 1.70. The third-order valence-corrected chi connectivity index (χ3v) is 3.97. The zero-order valence-corrected chi connectivity index (χ0v) is 13.2. The third-order valence-electron chi connectivity index (χ3n) is 3.23. The summed E-state index contributed by atoms with van der Waals surface area (Å²) in [6, 6.07) is 6.22. The van der Waals surface area contributed by atoms with Gasteiger partial charge in [0.2, 0.25) is 0 Å². The van der Waals surface area contributed by atoms with Crippen molar-refractivity contribution >= 4 is 15.9 Å². The zero-order chi connectivity index (χ0) is 13.4. The minimum Gasteiger partial charge on any atom is -0.497 e. The molecule has 18 heavy (non-hydrogen) atoms. The summed E-state index contributed by atoms with van der Waals surface area (Å²) in [4.78, 5) is 0. The Morgan fingerprint density at radius 2 is 2.11 bits per heavy atom. The van der Waals surface area contributed by atoms with Crippen LogP contribution in [0.25, 0.3) is 0 Å². The summed E-state index contributed by atoms with van der Waals surface area (Å²) in [5, 5.41) is 3.38. The van der Waals surface area contributed by atoms with Gasteiger partial charge in [-0.05, 0) is 56.0 Å². The number of ether oxygens (including phenoxy) is 1. The van der Waals surface area contributed by atoms with Crippen LogP contribution in [0.1, 0.15) is 32.3 Å². The normalized spacial score (nSPS) is 12.4. The average molecular weight is 314 g/mol. The fourth-order valence-corrected chi connectivity index (χ4v) is 2.49. The van der Waals surface area contributed by atoms with Crippen LogP contribution in [0, 0.1) is 5.92 Å².